The van der Waals surface area contributed by atoms with Crippen LogP contribution in [0.25, 0.3) is 0 Å². The van der Waals surface area contributed by atoms with E-state index in [9.17, 15) is 9.50 Å². The molecule has 7 heteroatoms. The molecule has 2 aromatic rings. The predicted octanol–water partition coefficient (Wildman–Crippen LogP) is 3.10. The van der Waals surface area contributed by atoms with Gasteiger partial charge in [0.1, 0.15) is 19.1 Å². The number of aromatic nitrogens is 3. The molecule has 0 atom stereocenters. The Morgan fingerprint density at radius 2 is 2.17 bits per heavy atom. The van der Waals surface area contributed by atoms with Crippen molar-refractivity contribution in [3.05, 3.63) is 39.7 Å². The molecule has 4 rings (SSSR count). The van der Waals surface area contributed by atoms with Crippen molar-refractivity contribution < 1.29 is 9.50 Å². The Morgan fingerprint density at radius 3 is 2.88 bits per heavy atom. The zero-order valence-electron chi connectivity index (χ0n) is 13.7. The molecule has 1 fully saturated rings. The van der Waals surface area contributed by atoms with Gasteiger partial charge < -0.3 is 10.0 Å². The lowest BCUT2D eigenvalue weighted by Gasteiger charge is -2.32. The Labute approximate surface area is 145 Å². The van der Waals surface area contributed by atoms with Gasteiger partial charge in [-0.15, -0.1) is 0 Å². The Kier molecular flexibility index (Phi) is 3.92. The van der Waals surface area contributed by atoms with Gasteiger partial charge in [-0.2, -0.15) is 5.10 Å². The summed E-state index contributed by atoms with van der Waals surface area (Å²) in [4.78, 5) is 2.02. The highest BCUT2D eigenvalue weighted by Gasteiger charge is 2.29. The quantitative estimate of drug-likeness (QED) is 0.863. The standard InChI is InChI=1S/C17H21FN4OS/c1-11-4-7-14(18)16-13(11)3-2-8-20(16)10-21-17(24)22(12-5-6-12)15(9-23)19-21/h4,7,12,23H,2-3,5-6,8-10H2,1H3. The number of aryl methyl sites for hydroxylation is 1. The van der Waals surface area contributed by atoms with E-state index >= 15 is 0 Å². The number of hydrogen-bond donors (Lipinski definition) is 1. The van der Waals surface area contributed by atoms with E-state index in [1.54, 1.807) is 4.68 Å². The second-order valence-corrected chi connectivity index (χ2v) is 7.02. The zero-order chi connectivity index (χ0) is 16.8. The lowest BCUT2D eigenvalue weighted by molar-refractivity contribution is 0.263. The molecule has 24 heavy (non-hydrogen) atoms. The van der Waals surface area contributed by atoms with E-state index in [0.29, 0.717) is 29.0 Å². The molecule has 0 bridgehead atoms. The van der Waals surface area contributed by atoms with E-state index in [0.717, 1.165) is 43.4 Å². The average Bonchev–Trinajstić information content (AvgIpc) is 3.36. The normalized spacial score (nSPS) is 17.2. The van der Waals surface area contributed by atoms with Gasteiger partial charge in [-0.3, -0.25) is 4.57 Å². The van der Waals surface area contributed by atoms with Gasteiger partial charge in [0.2, 0.25) is 0 Å². The highest BCUT2D eigenvalue weighted by Crippen LogP contribution is 2.37. The van der Waals surface area contributed by atoms with E-state index in [1.807, 2.05) is 22.5 Å². The summed E-state index contributed by atoms with van der Waals surface area (Å²) in [6, 6.07) is 3.74. The summed E-state index contributed by atoms with van der Waals surface area (Å²) in [5, 5.41) is 14.0. The Balaban J connectivity index is 1.71. The summed E-state index contributed by atoms with van der Waals surface area (Å²) in [6.45, 7) is 3.09. The molecule has 0 saturated heterocycles. The molecule has 1 saturated carbocycles. The Hall–Kier alpha value is -1.73. The third kappa shape index (κ3) is 2.56. The predicted molar refractivity (Wildman–Crippen MR) is 92.0 cm³/mol. The van der Waals surface area contributed by atoms with Crippen molar-refractivity contribution in [2.45, 2.75) is 51.9 Å². The van der Waals surface area contributed by atoms with E-state index in [-0.39, 0.29) is 12.4 Å². The minimum absolute atomic E-state index is 0.128. The third-order valence-electron chi connectivity index (χ3n) is 4.94. The van der Waals surface area contributed by atoms with Gasteiger partial charge in [0, 0.05) is 12.6 Å². The van der Waals surface area contributed by atoms with Gasteiger partial charge in [-0.1, -0.05) is 6.07 Å². The zero-order valence-corrected chi connectivity index (χ0v) is 14.5. The van der Waals surface area contributed by atoms with Crippen LogP contribution in [-0.2, 0) is 19.7 Å². The number of benzene rings is 1. The fourth-order valence-electron chi connectivity index (χ4n) is 3.59. The number of fused-ring (bicyclic) bond motifs is 1. The van der Waals surface area contributed by atoms with Crippen molar-refractivity contribution in [1.82, 2.24) is 14.3 Å². The van der Waals surface area contributed by atoms with Crippen LogP contribution in [0.15, 0.2) is 12.1 Å². The lowest BCUT2D eigenvalue weighted by atomic mass is 9.97. The van der Waals surface area contributed by atoms with Gasteiger partial charge in [-0.25, -0.2) is 9.07 Å². The van der Waals surface area contributed by atoms with Crippen LogP contribution in [-0.4, -0.2) is 26.0 Å². The van der Waals surface area contributed by atoms with Gasteiger partial charge in [0.05, 0.1) is 5.69 Å². The lowest BCUT2D eigenvalue weighted by Crippen LogP contribution is -2.33. The van der Waals surface area contributed by atoms with E-state index in [1.165, 1.54) is 6.07 Å². The summed E-state index contributed by atoms with van der Waals surface area (Å²) >= 11 is 5.55. The van der Waals surface area contributed by atoms with Crippen LogP contribution in [0.5, 0.6) is 0 Å². The first-order valence-electron chi connectivity index (χ1n) is 8.42. The topological polar surface area (TPSA) is 46.2 Å². The maximum atomic E-state index is 14.5. The second kappa shape index (κ2) is 5.97. The molecule has 0 unspecified atom stereocenters. The first kappa shape index (κ1) is 15.8. The van der Waals surface area contributed by atoms with E-state index in [2.05, 4.69) is 5.10 Å². The highest BCUT2D eigenvalue weighted by molar-refractivity contribution is 7.71. The van der Waals surface area contributed by atoms with Crippen molar-refractivity contribution in [2.75, 3.05) is 11.4 Å². The minimum Gasteiger partial charge on any atom is -0.388 e. The monoisotopic (exact) mass is 348 g/mol. The molecule has 2 heterocycles. The largest absolute Gasteiger partial charge is 0.388 e. The van der Waals surface area contributed by atoms with Gasteiger partial charge in [0.15, 0.2) is 10.6 Å². The molecule has 0 spiro atoms. The van der Waals surface area contributed by atoms with Crippen LogP contribution < -0.4 is 4.90 Å². The second-order valence-electron chi connectivity index (χ2n) is 6.66. The van der Waals surface area contributed by atoms with Crippen molar-refractivity contribution >= 4 is 17.9 Å². The smallest absolute Gasteiger partial charge is 0.199 e. The van der Waals surface area contributed by atoms with Crippen LogP contribution in [0.2, 0.25) is 0 Å². The number of aliphatic hydroxyl groups excluding tert-OH is 1. The van der Waals surface area contributed by atoms with Crippen LogP contribution >= 0.6 is 12.2 Å². The molecule has 0 amide bonds. The molecule has 5 nitrogen and oxygen atoms in total. The van der Waals surface area contributed by atoms with Crippen LogP contribution in [0.1, 0.15) is 42.3 Å². The fraction of sp³-hybridized carbons (Fsp3) is 0.529. The van der Waals surface area contributed by atoms with E-state index in [4.69, 9.17) is 12.2 Å². The third-order valence-corrected chi connectivity index (χ3v) is 5.35. The molecule has 1 aliphatic carbocycles. The maximum Gasteiger partial charge on any atom is 0.199 e. The molecular formula is C17H21FN4OS. The van der Waals surface area contributed by atoms with Gasteiger partial charge >= 0.3 is 0 Å². The fourth-order valence-corrected chi connectivity index (χ4v) is 3.95. The first-order valence-corrected chi connectivity index (χ1v) is 8.83. The number of hydrogen-bond acceptors (Lipinski definition) is 4. The van der Waals surface area contributed by atoms with Crippen molar-refractivity contribution in [3.63, 3.8) is 0 Å². The summed E-state index contributed by atoms with van der Waals surface area (Å²) in [7, 11) is 0. The molecule has 1 aliphatic heterocycles. The first-order chi connectivity index (χ1) is 11.6. The van der Waals surface area contributed by atoms with Crippen LogP contribution in [0.3, 0.4) is 0 Å². The Bertz CT molecular complexity index is 840. The van der Waals surface area contributed by atoms with Crippen LogP contribution in [0.4, 0.5) is 10.1 Å². The molecular weight excluding hydrogens is 327 g/mol. The van der Waals surface area contributed by atoms with Crippen molar-refractivity contribution in [2.24, 2.45) is 0 Å². The molecule has 2 aliphatic rings. The van der Waals surface area contributed by atoms with E-state index < -0.39 is 0 Å². The van der Waals surface area contributed by atoms with Crippen molar-refractivity contribution in [1.29, 1.82) is 0 Å². The summed E-state index contributed by atoms with van der Waals surface area (Å²) in [5.41, 5.74) is 2.88. The SMILES string of the molecule is Cc1ccc(F)c2c1CCCN2Cn1nc(CO)n(C2CC2)c1=S. The molecule has 1 aromatic carbocycles. The van der Waals surface area contributed by atoms with Crippen LogP contribution in [0, 0.1) is 17.5 Å². The van der Waals surface area contributed by atoms with Gasteiger partial charge in [-0.05, 0) is 62.0 Å². The number of rotatable bonds is 4. The Morgan fingerprint density at radius 1 is 1.38 bits per heavy atom. The number of nitrogens with zero attached hydrogens (tertiary/aromatic N) is 4. The molecule has 128 valence electrons. The summed E-state index contributed by atoms with van der Waals surface area (Å²) in [5.74, 6) is 0.412. The number of halogens is 1. The number of anilines is 1. The average molecular weight is 348 g/mol. The van der Waals surface area contributed by atoms with Gasteiger partial charge in [0.25, 0.3) is 0 Å². The summed E-state index contributed by atoms with van der Waals surface area (Å²) < 4.78 is 18.7. The van der Waals surface area contributed by atoms with Crippen molar-refractivity contribution in [3.8, 4) is 0 Å². The number of aliphatic hydroxyl groups is 1. The summed E-state index contributed by atoms with van der Waals surface area (Å²) in [6.07, 6.45) is 4.04. The highest BCUT2D eigenvalue weighted by atomic mass is 32.1. The minimum atomic E-state index is -0.189. The molecule has 1 aromatic heterocycles. The molecule has 0 radical (unpaired) electrons. The molecule has 1 N–H and O–H groups in total. The maximum absolute atomic E-state index is 14.5.